The van der Waals surface area contributed by atoms with Gasteiger partial charge in [0.2, 0.25) is 11.6 Å². The zero-order valence-corrected chi connectivity index (χ0v) is 23.4. The lowest BCUT2D eigenvalue weighted by atomic mass is 10.1. The number of aliphatic imine (C=N–C) groups is 1. The summed E-state index contributed by atoms with van der Waals surface area (Å²) in [4.78, 5) is 40.5. The van der Waals surface area contributed by atoms with E-state index in [1.165, 1.54) is 18.6 Å². The van der Waals surface area contributed by atoms with Crippen molar-refractivity contribution in [2.45, 2.75) is 13.3 Å². The van der Waals surface area contributed by atoms with Crippen LogP contribution in [0.4, 0.5) is 17.3 Å². The van der Waals surface area contributed by atoms with Gasteiger partial charge in [0, 0.05) is 17.1 Å². The number of quaternary nitrogens is 1. The number of amides is 1. The third-order valence-electron chi connectivity index (χ3n) is 5.82. The molecule has 3 heterocycles. The highest BCUT2D eigenvalue weighted by Crippen LogP contribution is 2.29. The van der Waals surface area contributed by atoms with Crippen molar-refractivity contribution in [3.05, 3.63) is 80.5 Å². The SMILES string of the molecule is CC#CC1=NC([N+](=O)[O-])=C(C[N+](C)(C)C/C=C/C(=O)Nc2cc3c(Nc4ccc(Cl)c(Cl)c4)ncnc3cn2)C1. The molecule has 204 valence electrons. The van der Waals surface area contributed by atoms with E-state index >= 15 is 0 Å². The largest absolute Gasteiger partial charge is 0.369 e. The molecule has 0 unspecified atom stereocenters. The molecule has 2 N–H and O–H groups in total. The summed E-state index contributed by atoms with van der Waals surface area (Å²) in [5.74, 6) is 5.83. The van der Waals surface area contributed by atoms with Crippen LogP contribution in [0.2, 0.25) is 10.0 Å². The molecule has 0 spiro atoms. The van der Waals surface area contributed by atoms with E-state index in [2.05, 4.69) is 42.4 Å². The van der Waals surface area contributed by atoms with Crippen LogP contribution in [0.3, 0.4) is 0 Å². The zero-order chi connectivity index (χ0) is 28.9. The number of carbonyl (C=O) groups excluding carboxylic acids is 1. The number of hydrogen-bond donors (Lipinski definition) is 2. The van der Waals surface area contributed by atoms with E-state index in [9.17, 15) is 14.9 Å². The molecule has 0 fully saturated rings. The van der Waals surface area contributed by atoms with Gasteiger partial charge in [-0.1, -0.05) is 29.1 Å². The summed E-state index contributed by atoms with van der Waals surface area (Å²) in [6.07, 6.45) is 6.42. The second-order valence-electron chi connectivity index (χ2n) is 9.53. The second-order valence-corrected chi connectivity index (χ2v) is 10.3. The number of nitro groups is 1. The van der Waals surface area contributed by atoms with Crippen molar-refractivity contribution in [2.75, 3.05) is 37.8 Å². The lowest BCUT2D eigenvalue weighted by Gasteiger charge is -2.28. The number of carbonyl (C=O) groups is 1. The van der Waals surface area contributed by atoms with E-state index in [0.29, 0.717) is 73.5 Å². The third-order valence-corrected chi connectivity index (χ3v) is 6.56. The maximum atomic E-state index is 12.6. The van der Waals surface area contributed by atoms with Gasteiger partial charge in [-0.05, 0) is 53.1 Å². The van der Waals surface area contributed by atoms with E-state index in [0.717, 1.165) is 0 Å². The minimum absolute atomic E-state index is 0.148. The third kappa shape index (κ3) is 7.18. The van der Waals surface area contributed by atoms with Gasteiger partial charge in [0.1, 0.15) is 24.5 Å². The number of likely N-dealkylation sites (N-methyl/N-ethyl adjacent to an activating group) is 1. The topological polar surface area (TPSA) is 135 Å². The normalized spacial score (nSPS) is 13.3. The number of anilines is 3. The van der Waals surface area contributed by atoms with Crippen LogP contribution in [0.5, 0.6) is 0 Å². The van der Waals surface area contributed by atoms with E-state index in [1.54, 1.807) is 37.3 Å². The monoisotopic (exact) mass is 579 g/mol. The van der Waals surface area contributed by atoms with E-state index in [4.69, 9.17) is 23.2 Å². The van der Waals surface area contributed by atoms with Crippen LogP contribution in [0, 0.1) is 22.0 Å². The van der Waals surface area contributed by atoms with Crippen LogP contribution in [0.25, 0.3) is 10.9 Å². The molecule has 1 amide bonds. The van der Waals surface area contributed by atoms with Gasteiger partial charge in [0.15, 0.2) is 0 Å². The molecule has 0 radical (unpaired) electrons. The van der Waals surface area contributed by atoms with Gasteiger partial charge >= 0.3 is 5.82 Å². The highest BCUT2D eigenvalue weighted by molar-refractivity contribution is 6.42. The molecule has 4 rings (SSSR count). The maximum absolute atomic E-state index is 12.6. The first-order chi connectivity index (χ1) is 19.0. The smallest absolute Gasteiger partial charge is 0.358 e. The van der Waals surface area contributed by atoms with E-state index < -0.39 is 4.92 Å². The standard InChI is InChI=1S/C27H24Cl2N8O3/c1-4-6-18-11-17(27(34-18)36(39)40)15-37(2,3)10-5-7-25(38)35-24-13-20-23(14-30-24)31-16-32-26(20)33-19-8-9-21(28)22(29)12-19/h5,7-9,12-14,16H,10-11,15H2,1-3H3,(H-,30,31,32,33,35,38)/p+1/b7-5+. The molecule has 1 aliphatic heterocycles. The van der Waals surface area contributed by atoms with E-state index in [1.807, 2.05) is 14.1 Å². The van der Waals surface area contributed by atoms with Crippen molar-refractivity contribution in [3.8, 4) is 11.8 Å². The van der Waals surface area contributed by atoms with Gasteiger partial charge in [0.25, 0.3) is 0 Å². The van der Waals surface area contributed by atoms with Crippen LogP contribution in [0.1, 0.15) is 13.3 Å². The number of rotatable bonds is 9. The Balaban J connectivity index is 1.41. The van der Waals surface area contributed by atoms with Gasteiger partial charge in [-0.2, -0.15) is 0 Å². The number of nitrogens with zero attached hydrogens (tertiary/aromatic N) is 6. The van der Waals surface area contributed by atoms with Crippen LogP contribution in [0.15, 0.2) is 65.3 Å². The number of halogens is 2. The number of fused-ring (bicyclic) bond motifs is 1. The molecule has 1 aromatic carbocycles. The minimum Gasteiger partial charge on any atom is -0.358 e. The van der Waals surface area contributed by atoms with Gasteiger partial charge in [-0.15, -0.1) is 0 Å². The molecule has 1 aliphatic rings. The van der Waals surface area contributed by atoms with Gasteiger partial charge in [-0.3, -0.25) is 4.79 Å². The van der Waals surface area contributed by atoms with Gasteiger partial charge < -0.3 is 25.2 Å². The predicted octanol–water partition coefficient (Wildman–Crippen LogP) is 5.00. The van der Waals surface area contributed by atoms with Crippen molar-refractivity contribution in [3.63, 3.8) is 0 Å². The summed E-state index contributed by atoms with van der Waals surface area (Å²) in [5, 5.41) is 18.8. The van der Waals surface area contributed by atoms with Crippen LogP contribution < -0.4 is 10.6 Å². The Kier molecular flexibility index (Phi) is 8.74. The average molecular weight is 580 g/mol. The van der Waals surface area contributed by atoms with Crippen LogP contribution in [-0.2, 0) is 4.79 Å². The fourth-order valence-electron chi connectivity index (χ4n) is 4.07. The van der Waals surface area contributed by atoms with E-state index in [-0.39, 0.29) is 11.7 Å². The number of hydrogen-bond acceptors (Lipinski definition) is 8. The van der Waals surface area contributed by atoms with Crippen LogP contribution in [-0.4, -0.2) is 63.2 Å². The predicted molar refractivity (Wildman–Crippen MR) is 156 cm³/mol. The van der Waals surface area contributed by atoms with Crippen molar-refractivity contribution in [1.82, 2.24) is 15.0 Å². The molecule has 11 nitrogen and oxygen atoms in total. The second kappa shape index (κ2) is 12.2. The summed E-state index contributed by atoms with van der Waals surface area (Å²) < 4.78 is 0.383. The molecule has 2 aromatic heterocycles. The highest BCUT2D eigenvalue weighted by atomic mass is 35.5. The Morgan fingerprint density at radius 3 is 2.73 bits per heavy atom. The first kappa shape index (κ1) is 28.6. The lowest BCUT2D eigenvalue weighted by Crippen LogP contribution is -2.41. The molecule has 40 heavy (non-hydrogen) atoms. The molecular weight excluding hydrogens is 555 g/mol. The van der Waals surface area contributed by atoms with Crippen molar-refractivity contribution >= 4 is 63.0 Å². The molecule has 0 aliphatic carbocycles. The zero-order valence-electron chi connectivity index (χ0n) is 21.9. The number of pyridine rings is 1. The summed E-state index contributed by atoms with van der Waals surface area (Å²) in [5.41, 5.74) is 2.36. The van der Waals surface area contributed by atoms with Crippen LogP contribution >= 0.6 is 23.2 Å². The summed E-state index contributed by atoms with van der Waals surface area (Å²) in [6, 6.07) is 6.79. The fourth-order valence-corrected chi connectivity index (χ4v) is 4.37. The Bertz CT molecular complexity index is 1650. The molecule has 0 saturated carbocycles. The Hall–Kier alpha value is -4.37. The molecule has 0 bridgehead atoms. The van der Waals surface area contributed by atoms with Crippen molar-refractivity contribution in [1.29, 1.82) is 0 Å². The molecule has 0 atom stereocenters. The molecule has 13 heteroatoms. The van der Waals surface area contributed by atoms with Crippen molar-refractivity contribution in [2.24, 2.45) is 4.99 Å². The Labute approximate surface area is 240 Å². The Morgan fingerprint density at radius 1 is 1.20 bits per heavy atom. The molecule has 0 saturated heterocycles. The fraction of sp³-hybridized carbons (Fsp3) is 0.222. The van der Waals surface area contributed by atoms with Gasteiger partial charge in [0.05, 0.1) is 54.4 Å². The highest BCUT2D eigenvalue weighted by Gasteiger charge is 2.32. The number of benzene rings is 1. The Morgan fingerprint density at radius 2 is 2.00 bits per heavy atom. The average Bonchev–Trinajstić information content (AvgIpc) is 3.28. The first-order valence-electron chi connectivity index (χ1n) is 12.0. The summed E-state index contributed by atoms with van der Waals surface area (Å²) in [7, 11) is 3.84. The summed E-state index contributed by atoms with van der Waals surface area (Å²) in [6.45, 7) is 2.51. The maximum Gasteiger partial charge on any atom is 0.369 e. The molecule has 3 aromatic rings. The summed E-state index contributed by atoms with van der Waals surface area (Å²) >= 11 is 12.1. The molecular formula is C27H25Cl2N8O3+. The lowest BCUT2D eigenvalue weighted by molar-refractivity contribution is -0.880. The minimum atomic E-state index is -0.476. The quantitative estimate of drug-likeness (QED) is 0.120. The van der Waals surface area contributed by atoms with Crippen molar-refractivity contribution < 1.29 is 14.2 Å². The first-order valence-corrected chi connectivity index (χ1v) is 12.8. The van der Waals surface area contributed by atoms with Gasteiger partial charge in [-0.25, -0.2) is 15.0 Å². The number of nitrogens with one attached hydrogen (secondary N) is 2. The number of aromatic nitrogens is 3.